The molecule has 0 atom stereocenters. The molecule has 94 valence electrons. The van der Waals surface area contributed by atoms with Crippen molar-refractivity contribution in [2.75, 3.05) is 18.9 Å². The summed E-state index contributed by atoms with van der Waals surface area (Å²) < 4.78 is 0. The number of rotatable bonds is 7. The van der Waals surface area contributed by atoms with Gasteiger partial charge in [0, 0.05) is 25.3 Å². The lowest BCUT2D eigenvalue weighted by atomic mass is 10.0. The Balaban J connectivity index is 2.09. The topological polar surface area (TPSA) is 20.3 Å². The summed E-state index contributed by atoms with van der Waals surface area (Å²) in [6.07, 6.45) is 9.54. The van der Waals surface area contributed by atoms with Crippen LogP contribution in [0.1, 0.15) is 51.4 Å². The van der Waals surface area contributed by atoms with E-state index in [-0.39, 0.29) is 0 Å². The van der Waals surface area contributed by atoms with Crippen LogP contribution in [-0.2, 0) is 4.79 Å². The Kier molecular flexibility index (Phi) is 7.10. The van der Waals surface area contributed by atoms with Crippen LogP contribution >= 0.6 is 15.9 Å². The largest absolute Gasteiger partial charge is 0.346 e. The highest BCUT2D eigenvalue weighted by molar-refractivity contribution is 9.09. The fraction of sp³-hybridized carbons (Fsp3) is 0.923. The minimum absolute atomic E-state index is 0.353. The predicted octanol–water partition coefficient (Wildman–Crippen LogP) is 3.59. The molecule has 0 N–H and O–H groups in total. The van der Waals surface area contributed by atoms with Crippen molar-refractivity contribution in [2.24, 2.45) is 5.92 Å². The SMILES string of the molecule is CN(CCCCCBr)C(=O)CC1CCCC1. The Morgan fingerprint density at radius 3 is 2.56 bits per heavy atom. The molecule has 3 heteroatoms. The van der Waals surface area contributed by atoms with Crippen LogP contribution in [0, 0.1) is 5.92 Å². The molecule has 0 unspecified atom stereocenters. The summed E-state index contributed by atoms with van der Waals surface area (Å²) in [5.41, 5.74) is 0. The van der Waals surface area contributed by atoms with Crippen LogP contribution in [0.3, 0.4) is 0 Å². The van der Waals surface area contributed by atoms with Crippen molar-refractivity contribution in [3.63, 3.8) is 0 Å². The molecule has 0 radical (unpaired) electrons. The van der Waals surface area contributed by atoms with Crippen LogP contribution in [0.15, 0.2) is 0 Å². The zero-order chi connectivity index (χ0) is 11.8. The zero-order valence-electron chi connectivity index (χ0n) is 10.4. The molecule has 2 nitrogen and oxygen atoms in total. The van der Waals surface area contributed by atoms with E-state index in [2.05, 4.69) is 15.9 Å². The van der Waals surface area contributed by atoms with E-state index < -0.39 is 0 Å². The first-order valence-electron chi connectivity index (χ1n) is 6.54. The van der Waals surface area contributed by atoms with Crippen LogP contribution in [0.5, 0.6) is 0 Å². The molecule has 1 fully saturated rings. The summed E-state index contributed by atoms with van der Waals surface area (Å²) in [5.74, 6) is 1.03. The van der Waals surface area contributed by atoms with Crippen LogP contribution in [-0.4, -0.2) is 29.7 Å². The van der Waals surface area contributed by atoms with Gasteiger partial charge in [-0.15, -0.1) is 0 Å². The second kappa shape index (κ2) is 8.10. The van der Waals surface area contributed by atoms with Crippen LogP contribution in [0.4, 0.5) is 0 Å². The predicted molar refractivity (Wildman–Crippen MR) is 71.9 cm³/mol. The van der Waals surface area contributed by atoms with E-state index >= 15 is 0 Å². The lowest BCUT2D eigenvalue weighted by molar-refractivity contribution is -0.130. The summed E-state index contributed by atoms with van der Waals surface area (Å²) in [4.78, 5) is 13.8. The number of carbonyl (C=O) groups excluding carboxylic acids is 1. The van der Waals surface area contributed by atoms with E-state index in [0.29, 0.717) is 11.8 Å². The molecule has 1 aliphatic carbocycles. The molecule has 1 aliphatic rings. The van der Waals surface area contributed by atoms with Crippen molar-refractivity contribution in [1.29, 1.82) is 0 Å². The molecule has 0 aliphatic heterocycles. The van der Waals surface area contributed by atoms with Gasteiger partial charge in [-0.3, -0.25) is 4.79 Å². The standard InChI is InChI=1S/C13H24BrNO/c1-15(10-6-2-5-9-14)13(16)11-12-7-3-4-8-12/h12H,2-11H2,1H3. The highest BCUT2D eigenvalue weighted by Crippen LogP contribution is 2.27. The third-order valence-corrected chi connectivity index (χ3v) is 4.05. The summed E-state index contributed by atoms with van der Waals surface area (Å²) in [7, 11) is 1.95. The fourth-order valence-electron chi connectivity index (χ4n) is 2.36. The van der Waals surface area contributed by atoms with Crippen LogP contribution in [0.2, 0.25) is 0 Å². The second-order valence-electron chi connectivity index (χ2n) is 4.92. The highest BCUT2D eigenvalue weighted by Gasteiger charge is 2.20. The van der Waals surface area contributed by atoms with Crippen molar-refractivity contribution in [2.45, 2.75) is 51.4 Å². The number of hydrogen-bond acceptors (Lipinski definition) is 1. The van der Waals surface area contributed by atoms with Crippen molar-refractivity contribution in [3.05, 3.63) is 0 Å². The molecule has 1 saturated carbocycles. The van der Waals surface area contributed by atoms with Crippen LogP contribution in [0.25, 0.3) is 0 Å². The van der Waals surface area contributed by atoms with E-state index in [1.54, 1.807) is 0 Å². The van der Waals surface area contributed by atoms with E-state index in [9.17, 15) is 4.79 Å². The summed E-state index contributed by atoms with van der Waals surface area (Å²) >= 11 is 3.42. The molecule has 0 heterocycles. The molecular weight excluding hydrogens is 266 g/mol. The van der Waals surface area contributed by atoms with Gasteiger partial charge in [0.1, 0.15) is 0 Å². The summed E-state index contributed by atoms with van der Waals surface area (Å²) in [5, 5.41) is 1.08. The van der Waals surface area contributed by atoms with Crippen molar-refractivity contribution in [1.82, 2.24) is 4.90 Å². The zero-order valence-corrected chi connectivity index (χ0v) is 12.0. The molecule has 0 bridgehead atoms. The molecule has 0 spiro atoms. The van der Waals surface area contributed by atoms with Gasteiger partial charge in [0.25, 0.3) is 0 Å². The van der Waals surface area contributed by atoms with E-state index in [0.717, 1.165) is 24.7 Å². The second-order valence-corrected chi connectivity index (χ2v) is 5.71. The number of nitrogens with zero attached hydrogens (tertiary/aromatic N) is 1. The molecule has 0 aromatic carbocycles. The third kappa shape index (κ3) is 5.33. The smallest absolute Gasteiger partial charge is 0.222 e. The minimum Gasteiger partial charge on any atom is -0.346 e. The maximum absolute atomic E-state index is 11.9. The normalized spacial score (nSPS) is 16.6. The van der Waals surface area contributed by atoms with E-state index in [1.807, 2.05) is 11.9 Å². The monoisotopic (exact) mass is 289 g/mol. The van der Waals surface area contributed by atoms with Gasteiger partial charge in [-0.1, -0.05) is 35.2 Å². The number of halogens is 1. The molecule has 1 rings (SSSR count). The first-order valence-corrected chi connectivity index (χ1v) is 7.66. The summed E-state index contributed by atoms with van der Waals surface area (Å²) in [6.45, 7) is 0.929. The Morgan fingerprint density at radius 1 is 1.25 bits per heavy atom. The van der Waals surface area contributed by atoms with E-state index in [4.69, 9.17) is 0 Å². The number of carbonyl (C=O) groups is 1. The molecule has 0 aromatic heterocycles. The highest BCUT2D eigenvalue weighted by atomic mass is 79.9. The lowest BCUT2D eigenvalue weighted by Crippen LogP contribution is -2.29. The van der Waals surface area contributed by atoms with Gasteiger partial charge >= 0.3 is 0 Å². The Hall–Kier alpha value is -0.0500. The molecule has 16 heavy (non-hydrogen) atoms. The van der Waals surface area contributed by atoms with Crippen LogP contribution < -0.4 is 0 Å². The maximum Gasteiger partial charge on any atom is 0.222 e. The van der Waals surface area contributed by atoms with Crippen molar-refractivity contribution >= 4 is 21.8 Å². The Labute approximate surface area is 108 Å². The van der Waals surface area contributed by atoms with Crippen molar-refractivity contribution in [3.8, 4) is 0 Å². The third-order valence-electron chi connectivity index (χ3n) is 3.49. The molecular formula is C13H24BrNO. The number of amides is 1. The molecule has 0 saturated heterocycles. The Bertz CT molecular complexity index is 202. The van der Waals surface area contributed by atoms with Gasteiger partial charge in [-0.05, 0) is 31.6 Å². The average molecular weight is 290 g/mol. The first-order chi connectivity index (χ1) is 7.74. The van der Waals surface area contributed by atoms with Gasteiger partial charge in [0.2, 0.25) is 5.91 Å². The number of unbranched alkanes of at least 4 members (excludes halogenated alkanes) is 2. The van der Waals surface area contributed by atoms with E-state index in [1.165, 1.54) is 38.5 Å². The van der Waals surface area contributed by atoms with Crippen molar-refractivity contribution < 1.29 is 4.79 Å². The quantitative estimate of drug-likeness (QED) is 0.518. The van der Waals surface area contributed by atoms with Gasteiger partial charge in [-0.2, -0.15) is 0 Å². The molecule has 1 amide bonds. The number of hydrogen-bond donors (Lipinski definition) is 0. The minimum atomic E-state index is 0.353. The van der Waals surface area contributed by atoms with Gasteiger partial charge in [0.05, 0.1) is 0 Å². The fourth-order valence-corrected chi connectivity index (χ4v) is 2.76. The van der Waals surface area contributed by atoms with Gasteiger partial charge in [0.15, 0.2) is 0 Å². The average Bonchev–Trinajstić information content (AvgIpc) is 2.76. The Morgan fingerprint density at radius 2 is 1.94 bits per heavy atom. The van der Waals surface area contributed by atoms with Gasteiger partial charge < -0.3 is 4.90 Å². The maximum atomic E-state index is 11.9. The summed E-state index contributed by atoms with van der Waals surface area (Å²) in [6, 6.07) is 0. The lowest BCUT2D eigenvalue weighted by Gasteiger charge is -2.19. The first kappa shape index (κ1) is 14.0. The van der Waals surface area contributed by atoms with Gasteiger partial charge in [-0.25, -0.2) is 0 Å². The molecule has 0 aromatic rings. The number of alkyl halides is 1.